The normalized spacial score (nSPS) is 15.7. The summed E-state index contributed by atoms with van der Waals surface area (Å²) in [6, 6.07) is 20.4. The van der Waals surface area contributed by atoms with E-state index in [1.165, 1.54) is 18.1 Å². The lowest BCUT2D eigenvalue weighted by molar-refractivity contribution is -0.132. The first-order chi connectivity index (χ1) is 21.2. The maximum Gasteiger partial charge on any atom is 0.350 e. The molecular formula is C34H30N2O7S. The third-order valence-electron chi connectivity index (χ3n) is 7.00. The van der Waals surface area contributed by atoms with E-state index in [9.17, 15) is 19.5 Å². The van der Waals surface area contributed by atoms with Crippen LogP contribution in [0.25, 0.3) is 5.76 Å². The van der Waals surface area contributed by atoms with Crippen LogP contribution in [-0.4, -0.2) is 41.5 Å². The predicted molar refractivity (Wildman–Crippen MR) is 167 cm³/mol. The van der Waals surface area contributed by atoms with Crippen LogP contribution in [0.2, 0.25) is 0 Å². The number of nitrogens with zero attached hydrogens (tertiary/aromatic N) is 2. The van der Waals surface area contributed by atoms with E-state index in [1.54, 1.807) is 55.5 Å². The number of aliphatic hydroxyl groups is 1. The lowest BCUT2D eigenvalue weighted by Crippen LogP contribution is -2.29. The van der Waals surface area contributed by atoms with Gasteiger partial charge in [-0.2, -0.15) is 0 Å². The SMILES string of the molecule is C=CCOC(=O)c1sc(N2C(=O)C(=O)/C(=C(/O)c3ccc(OCc4cccc(C)c4)cc3)C2c2ccc(OC)cc2)nc1C. The molecule has 2 heterocycles. The van der Waals surface area contributed by atoms with Crippen LogP contribution in [0.4, 0.5) is 5.13 Å². The van der Waals surface area contributed by atoms with Crippen LogP contribution in [0.15, 0.2) is 91.0 Å². The Morgan fingerprint density at radius 3 is 2.41 bits per heavy atom. The van der Waals surface area contributed by atoms with Crippen molar-refractivity contribution in [1.29, 1.82) is 0 Å². The van der Waals surface area contributed by atoms with Crippen molar-refractivity contribution in [3.05, 3.63) is 124 Å². The number of amides is 1. The summed E-state index contributed by atoms with van der Waals surface area (Å²) in [5.41, 5.74) is 3.24. The molecular weight excluding hydrogens is 580 g/mol. The first kappa shape index (κ1) is 30.2. The maximum absolute atomic E-state index is 13.5. The zero-order valence-electron chi connectivity index (χ0n) is 24.4. The van der Waals surface area contributed by atoms with Crippen LogP contribution in [0.5, 0.6) is 11.5 Å². The van der Waals surface area contributed by atoms with Gasteiger partial charge in [0.15, 0.2) is 5.13 Å². The molecule has 0 radical (unpaired) electrons. The minimum absolute atomic E-state index is 0.0115. The molecule has 1 unspecified atom stereocenters. The van der Waals surface area contributed by atoms with E-state index >= 15 is 0 Å². The number of esters is 1. The fraction of sp³-hybridized carbons (Fsp3) is 0.176. The number of hydrogen-bond donors (Lipinski definition) is 1. The molecule has 0 saturated carbocycles. The van der Waals surface area contributed by atoms with Gasteiger partial charge in [-0.15, -0.1) is 0 Å². The van der Waals surface area contributed by atoms with E-state index in [0.717, 1.165) is 22.5 Å². The number of rotatable bonds is 10. The Bertz CT molecular complexity index is 1760. The monoisotopic (exact) mass is 610 g/mol. The quantitative estimate of drug-likeness (QED) is 0.0730. The summed E-state index contributed by atoms with van der Waals surface area (Å²) in [6.07, 6.45) is 1.44. The Hall–Kier alpha value is -5.22. The Morgan fingerprint density at radius 2 is 1.75 bits per heavy atom. The standard InChI is InChI=1S/C34H30N2O7S/c1-5-17-42-33(40)31-21(3)35-34(44-31)36-28(23-9-13-25(41-4)14-10-23)27(30(38)32(36)39)29(37)24-11-15-26(16-12-24)43-19-22-8-6-7-20(2)18-22/h5-16,18,28,37H,1,17,19H2,2-4H3/b29-27+. The number of carbonyl (C=O) groups is 3. The summed E-state index contributed by atoms with van der Waals surface area (Å²) in [4.78, 5) is 45.5. The topological polar surface area (TPSA) is 115 Å². The summed E-state index contributed by atoms with van der Waals surface area (Å²) in [5.74, 6) is -1.59. The molecule has 1 fully saturated rings. The molecule has 3 aromatic carbocycles. The third-order valence-corrected chi connectivity index (χ3v) is 8.14. The number of carbonyl (C=O) groups excluding carboxylic acids is 3. The Morgan fingerprint density at radius 1 is 1.05 bits per heavy atom. The number of aryl methyl sites for hydroxylation is 2. The van der Waals surface area contributed by atoms with E-state index in [4.69, 9.17) is 14.2 Å². The van der Waals surface area contributed by atoms with Crippen molar-refractivity contribution >= 4 is 39.9 Å². The summed E-state index contributed by atoms with van der Waals surface area (Å²) in [7, 11) is 1.53. The summed E-state index contributed by atoms with van der Waals surface area (Å²) >= 11 is 0.931. The van der Waals surface area contributed by atoms with Crippen molar-refractivity contribution in [1.82, 2.24) is 4.98 Å². The summed E-state index contributed by atoms with van der Waals surface area (Å²) in [6.45, 7) is 7.55. The minimum Gasteiger partial charge on any atom is -0.507 e. The largest absolute Gasteiger partial charge is 0.507 e. The van der Waals surface area contributed by atoms with Gasteiger partial charge in [0.2, 0.25) is 0 Å². The number of anilines is 1. The van der Waals surface area contributed by atoms with E-state index in [0.29, 0.717) is 34.9 Å². The molecule has 1 N–H and O–H groups in total. The van der Waals surface area contributed by atoms with Crippen molar-refractivity contribution < 1.29 is 33.7 Å². The molecule has 10 heteroatoms. The third kappa shape index (κ3) is 6.11. The van der Waals surface area contributed by atoms with Crippen LogP contribution in [0.3, 0.4) is 0 Å². The van der Waals surface area contributed by atoms with Gasteiger partial charge in [0, 0.05) is 5.56 Å². The van der Waals surface area contributed by atoms with Gasteiger partial charge in [-0.25, -0.2) is 9.78 Å². The zero-order chi connectivity index (χ0) is 31.4. The van der Waals surface area contributed by atoms with Crippen molar-refractivity contribution in [3.63, 3.8) is 0 Å². The van der Waals surface area contributed by atoms with Crippen molar-refractivity contribution in [2.75, 3.05) is 18.6 Å². The second kappa shape index (κ2) is 13.0. The first-order valence-electron chi connectivity index (χ1n) is 13.7. The number of methoxy groups -OCH3 is 1. The number of thiazole rings is 1. The lowest BCUT2D eigenvalue weighted by atomic mass is 9.95. The highest BCUT2D eigenvalue weighted by Crippen LogP contribution is 2.44. The average molecular weight is 611 g/mol. The molecule has 0 aliphatic carbocycles. The van der Waals surface area contributed by atoms with Gasteiger partial charge < -0.3 is 19.3 Å². The highest BCUT2D eigenvalue weighted by molar-refractivity contribution is 7.17. The molecule has 5 rings (SSSR count). The fourth-order valence-electron chi connectivity index (χ4n) is 4.84. The number of Topliss-reactive ketones (excluding diaryl/α,β-unsaturated/α-hetero) is 1. The van der Waals surface area contributed by atoms with Crippen LogP contribution >= 0.6 is 11.3 Å². The van der Waals surface area contributed by atoms with Gasteiger partial charge in [-0.05, 0) is 61.4 Å². The van der Waals surface area contributed by atoms with Crippen molar-refractivity contribution in [3.8, 4) is 11.5 Å². The van der Waals surface area contributed by atoms with Crippen molar-refractivity contribution in [2.24, 2.45) is 0 Å². The van der Waals surface area contributed by atoms with E-state index < -0.39 is 23.7 Å². The van der Waals surface area contributed by atoms with E-state index in [2.05, 4.69) is 11.6 Å². The van der Waals surface area contributed by atoms with E-state index in [1.807, 2.05) is 31.2 Å². The van der Waals surface area contributed by atoms with Crippen LogP contribution in [0, 0.1) is 13.8 Å². The molecule has 4 aromatic rings. The maximum atomic E-state index is 13.5. The number of aliphatic hydroxyl groups excluding tert-OH is 1. The van der Waals surface area contributed by atoms with Gasteiger partial charge in [-0.3, -0.25) is 14.5 Å². The Balaban J connectivity index is 1.52. The molecule has 0 spiro atoms. The summed E-state index contributed by atoms with van der Waals surface area (Å²) in [5, 5.41) is 11.6. The lowest BCUT2D eigenvalue weighted by Gasteiger charge is -2.23. The molecule has 224 valence electrons. The van der Waals surface area contributed by atoms with Gasteiger partial charge in [0.25, 0.3) is 5.78 Å². The zero-order valence-corrected chi connectivity index (χ0v) is 25.2. The number of ketones is 1. The fourth-order valence-corrected chi connectivity index (χ4v) is 5.83. The molecule has 1 aromatic heterocycles. The molecule has 1 aliphatic heterocycles. The number of hydrogen-bond acceptors (Lipinski definition) is 9. The number of aromatic nitrogens is 1. The molecule has 1 saturated heterocycles. The smallest absolute Gasteiger partial charge is 0.350 e. The average Bonchev–Trinajstić information content (AvgIpc) is 3.54. The molecule has 1 aliphatic rings. The van der Waals surface area contributed by atoms with Crippen LogP contribution in [-0.2, 0) is 20.9 Å². The number of ether oxygens (including phenoxy) is 3. The van der Waals surface area contributed by atoms with E-state index in [-0.39, 0.29) is 27.9 Å². The second-order valence-corrected chi connectivity index (χ2v) is 11.0. The summed E-state index contributed by atoms with van der Waals surface area (Å²) < 4.78 is 16.3. The van der Waals surface area contributed by atoms with Gasteiger partial charge >= 0.3 is 11.9 Å². The predicted octanol–water partition coefficient (Wildman–Crippen LogP) is 6.32. The Kier molecular flexibility index (Phi) is 8.91. The van der Waals surface area contributed by atoms with Crippen LogP contribution in [0.1, 0.15) is 43.7 Å². The van der Waals surface area contributed by atoms with Gasteiger partial charge in [0.1, 0.15) is 35.3 Å². The first-order valence-corrected chi connectivity index (χ1v) is 14.5. The Labute approximate surface area is 258 Å². The van der Waals surface area contributed by atoms with Crippen LogP contribution < -0.4 is 14.4 Å². The highest BCUT2D eigenvalue weighted by Gasteiger charge is 2.48. The molecule has 0 bridgehead atoms. The number of benzene rings is 3. The van der Waals surface area contributed by atoms with Crippen molar-refractivity contribution in [2.45, 2.75) is 26.5 Å². The molecule has 1 atom stereocenters. The highest BCUT2D eigenvalue weighted by atomic mass is 32.1. The second-order valence-electron chi connectivity index (χ2n) is 10.0. The van der Waals surface area contributed by atoms with Gasteiger partial charge in [0.05, 0.1) is 24.4 Å². The molecule has 9 nitrogen and oxygen atoms in total. The molecule has 1 amide bonds. The minimum atomic E-state index is -1.03. The molecule has 44 heavy (non-hydrogen) atoms. The van der Waals surface area contributed by atoms with Gasteiger partial charge in [-0.1, -0.05) is 66.0 Å².